The van der Waals surface area contributed by atoms with Gasteiger partial charge in [0.2, 0.25) is 0 Å². The molecule has 0 heterocycles. The average Bonchev–Trinajstić information content (AvgIpc) is 2.42. The van der Waals surface area contributed by atoms with Crippen molar-refractivity contribution in [3.63, 3.8) is 0 Å². The fraction of sp³-hybridized carbons (Fsp3) is 0.0714. The first-order valence-corrected chi connectivity index (χ1v) is 6.50. The Morgan fingerprint density at radius 2 is 1.81 bits per heavy atom. The molecule has 2 aromatic carbocycles. The first-order chi connectivity index (χ1) is 9.77. The summed E-state index contributed by atoms with van der Waals surface area (Å²) < 4.78 is 51.3. The van der Waals surface area contributed by atoms with Crippen LogP contribution in [-0.4, -0.2) is 5.91 Å². The van der Waals surface area contributed by atoms with Gasteiger partial charge in [-0.1, -0.05) is 6.07 Å². The fourth-order valence-electron chi connectivity index (χ4n) is 1.62. The van der Waals surface area contributed by atoms with Crippen molar-refractivity contribution in [1.82, 2.24) is 0 Å². The highest BCUT2D eigenvalue weighted by Crippen LogP contribution is 2.30. The molecule has 0 saturated heterocycles. The van der Waals surface area contributed by atoms with Crippen molar-refractivity contribution in [3.8, 4) is 0 Å². The van der Waals surface area contributed by atoms with Crippen molar-refractivity contribution < 1.29 is 22.4 Å². The molecule has 1 amide bonds. The van der Waals surface area contributed by atoms with E-state index in [0.29, 0.717) is 4.47 Å². The number of nitrogens with one attached hydrogen (secondary N) is 1. The van der Waals surface area contributed by atoms with Crippen LogP contribution >= 0.6 is 15.9 Å². The number of hydrogen-bond donors (Lipinski definition) is 1. The lowest BCUT2D eigenvalue weighted by Gasteiger charge is -2.10. The molecule has 2 aromatic rings. The van der Waals surface area contributed by atoms with Gasteiger partial charge in [-0.2, -0.15) is 13.2 Å². The number of carbonyl (C=O) groups is 1. The third-order valence-electron chi connectivity index (χ3n) is 2.63. The first kappa shape index (κ1) is 15.5. The molecule has 0 fully saturated rings. The van der Waals surface area contributed by atoms with Crippen LogP contribution in [0.1, 0.15) is 15.9 Å². The summed E-state index contributed by atoms with van der Waals surface area (Å²) in [6, 6.07) is 7.63. The van der Waals surface area contributed by atoms with Gasteiger partial charge in [0.15, 0.2) is 0 Å². The van der Waals surface area contributed by atoms with E-state index in [-0.39, 0.29) is 11.3 Å². The van der Waals surface area contributed by atoms with E-state index in [1.165, 1.54) is 18.2 Å². The smallest absolute Gasteiger partial charge is 0.321 e. The Kier molecular flexibility index (Phi) is 4.32. The van der Waals surface area contributed by atoms with Gasteiger partial charge in [-0.05, 0) is 52.3 Å². The topological polar surface area (TPSA) is 29.1 Å². The van der Waals surface area contributed by atoms with Gasteiger partial charge in [-0.3, -0.25) is 4.79 Å². The van der Waals surface area contributed by atoms with Crippen LogP contribution in [-0.2, 0) is 6.18 Å². The molecule has 0 radical (unpaired) electrons. The number of benzene rings is 2. The summed E-state index contributed by atoms with van der Waals surface area (Å²) in [6.45, 7) is 0. The van der Waals surface area contributed by atoms with Gasteiger partial charge >= 0.3 is 6.18 Å². The fourth-order valence-corrected chi connectivity index (χ4v) is 1.97. The molecule has 0 atom stereocenters. The second-order valence-electron chi connectivity index (χ2n) is 4.16. The number of rotatable bonds is 2. The summed E-state index contributed by atoms with van der Waals surface area (Å²) in [7, 11) is 0. The molecule has 0 bridgehead atoms. The van der Waals surface area contributed by atoms with E-state index in [4.69, 9.17) is 0 Å². The number of anilines is 1. The second kappa shape index (κ2) is 5.85. The van der Waals surface area contributed by atoms with E-state index in [1.54, 1.807) is 0 Å². The largest absolute Gasteiger partial charge is 0.416 e. The van der Waals surface area contributed by atoms with Gasteiger partial charge < -0.3 is 5.32 Å². The Hall–Kier alpha value is -1.89. The van der Waals surface area contributed by atoms with Crippen LogP contribution in [0.15, 0.2) is 46.9 Å². The second-order valence-corrected chi connectivity index (χ2v) is 5.01. The number of amides is 1. The third kappa shape index (κ3) is 3.81. The minimum atomic E-state index is -4.53. The molecule has 0 unspecified atom stereocenters. The van der Waals surface area contributed by atoms with Crippen molar-refractivity contribution in [3.05, 3.63) is 63.9 Å². The molecule has 0 aliphatic heterocycles. The van der Waals surface area contributed by atoms with Gasteiger partial charge in [0, 0.05) is 10.0 Å². The van der Waals surface area contributed by atoms with Crippen molar-refractivity contribution in [2.75, 3.05) is 5.32 Å². The average molecular weight is 362 g/mol. The highest BCUT2D eigenvalue weighted by molar-refractivity contribution is 9.10. The zero-order valence-electron chi connectivity index (χ0n) is 10.3. The Morgan fingerprint density at radius 1 is 1.10 bits per heavy atom. The zero-order chi connectivity index (χ0) is 15.6. The Labute approximate surface area is 125 Å². The standard InChI is InChI=1S/C14H8BrF4NO/c15-11-5-4-10(16)7-12(11)20-13(21)8-2-1-3-9(6-8)14(17,18)19/h1-7H,(H,20,21). The molecule has 2 nitrogen and oxygen atoms in total. The molecule has 7 heteroatoms. The molecule has 0 saturated carbocycles. The highest BCUT2D eigenvalue weighted by atomic mass is 79.9. The molecule has 21 heavy (non-hydrogen) atoms. The molecular formula is C14H8BrF4NO. The monoisotopic (exact) mass is 361 g/mol. The maximum absolute atomic E-state index is 13.1. The van der Waals surface area contributed by atoms with Gasteiger partial charge in [0.25, 0.3) is 5.91 Å². The van der Waals surface area contributed by atoms with Crippen LogP contribution in [0.4, 0.5) is 23.2 Å². The SMILES string of the molecule is O=C(Nc1cc(F)ccc1Br)c1cccc(C(F)(F)F)c1. The van der Waals surface area contributed by atoms with E-state index in [9.17, 15) is 22.4 Å². The molecule has 1 N–H and O–H groups in total. The van der Waals surface area contributed by atoms with E-state index in [0.717, 1.165) is 24.3 Å². The maximum atomic E-state index is 13.1. The minimum absolute atomic E-state index is 0.136. The zero-order valence-corrected chi connectivity index (χ0v) is 11.9. The van der Waals surface area contributed by atoms with Crippen LogP contribution in [0, 0.1) is 5.82 Å². The summed E-state index contributed by atoms with van der Waals surface area (Å²) in [4.78, 5) is 11.9. The molecular weight excluding hydrogens is 354 g/mol. The summed E-state index contributed by atoms with van der Waals surface area (Å²) in [6.07, 6.45) is -4.53. The number of alkyl halides is 3. The number of halogens is 5. The Balaban J connectivity index is 2.27. The third-order valence-corrected chi connectivity index (χ3v) is 3.32. The van der Waals surface area contributed by atoms with Crippen LogP contribution in [0.25, 0.3) is 0 Å². The molecule has 110 valence electrons. The predicted molar refractivity (Wildman–Crippen MR) is 73.5 cm³/mol. The van der Waals surface area contributed by atoms with Gasteiger partial charge in [-0.15, -0.1) is 0 Å². The van der Waals surface area contributed by atoms with Gasteiger partial charge in [0.05, 0.1) is 11.3 Å². The van der Waals surface area contributed by atoms with Crippen LogP contribution in [0.5, 0.6) is 0 Å². The van der Waals surface area contributed by atoms with Gasteiger partial charge in [-0.25, -0.2) is 4.39 Å². The van der Waals surface area contributed by atoms with Crippen molar-refractivity contribution in [2.45, 2.75) is 6.18 Å². The highest BCUT2D eigenvalue weighted by Gasteiger charge is 2.30. The lowest BCUT2D eigenvalue weighted by molar-refractivity contribution is -0.137. The molecule has 0 aliphatic carbocycles. The Morgan fingerprint density at radius 3 is 2.48 bits per heavy atom. The first-order valence-electron chi connectivity index (χ1n) is 5.71. The van der Waals surface area contributed by atoms with E-state index in [1.807, 2.05) is 0 Å². The summed E-state index contributed by atoms with van der Waals surface area (Å²) in [5.41, 5.74) is -0.952. The molecule has 0 spiro atoms. The van der Waals surface area contributed by atoms with E-state index >= 15 is 0 Å². The van der Waals surface area contributed by atoms with Crippen molar-refractivity contribution in [2.24, 2.45) is 0 Å². The van der Waals surface area contributed by atoms with Crippen LogP contribution in [0.2, 0.25) is 0 Å². The van der Waals surface area contributed by atoms with Crippen molar-refractivity contribution in [1.29, 1.82) is 0 Å². The van der Waals surface area contributed by atoms with E-state index < -0.39 is 23.5 Å². The number of carbonyl (C=O) groups excluding carboxylic acids is 1. The molecule has 0 aromatic heterocycles. The normalized spacial score (nSPS) is 11.3. The van der Waals surface area contributed by atoms with E-state index in [2.05, 4.69) is 21.2 Å². The van der Waals surface area contributed by atoms with Crippen LogP contribution in [0.3, 0.4) is 0 Å². The minimum Gasteiger partial charge on any atom is -0.321 e. The summed E-state index contributed by atoms with van der Waals surface area (Å²) in [5, 5.41) is 2.35. The lowest BCUT2D eigenvalue weighted by atomic mass is 10.1. The van der Waals surface area contributed by atoms with Crippen LogP contribution < -0.4 is 5.32 Å². The summed E-state index contributed by atoms with van der Waals surface area (Å²) >= 11 is 3.12. The van der Waals surface area contributed by atoms with Crippen molar-refractivity contribution >= 4 is 27.5 Å². The predicted octanol–water partition coefficient (Wildman–Crippen LogP) is 4.86. The molecule has 2 rings (SSSR count). The van der Waals surface area contributed by atoms with Gasteiger partial charge in [0.1, 0.15) is 5.82 Å². The maximum Gasteiger partial charge on any atom is 0.416 e. The lowest BCUT2D eigenvalue weighted by Crippen LogP contribution is -2.14. The quantitative estimate of drug-likeness (QED) is 0.760. The Bertz CT molecular complexity index is 685. The number of hydrogen-bond acceptors (Lipinski definition) is 1. The molecule has 0 aliphatic rings. The summed E-state index contributed by atoms with van der Waals surface area (Å²) in [5.74, 6) is -1.33.